The lowest BCUT2D eigenvalue weighted by molar-refractivity contribution is -0.136. The number of hydrogen-bond acceptors (Lipinski definition) is 5. The van der Waals surface area contributed by atoms with E-state index in [2.05, 4.69) is 10.6 Å². The number of aliphatic hydroxyl groups excluding tert-OH is 1. The summed E-state index contributed by atoms with van der Waals surface area (Å²) in [5.41, 5.74) is 0.330. The number of phenolic OH excluding ortho intramolecular Hbond substituents is 1. The van der Waals surface area contributed by atoms with E-state index in [4.69, 9.17) is 9.84 Å². The highest BCUT2D eigenvalue weighted by Gasteiger charge is 2.12. The summed E-state index contributed by atoms with van der Waals surface area (Å²) in [5.74, 6) is -1.63. The van der Waals surface area contributed by atoms with Crippen LogP contribution in [-0.4, -0.2) is 48.4 Å². The van der Waals surface area contributed by atoms with Crippen LogP contribution in [0.5, 0.6) is 5.75 Å². The van der Waals surface area contributed by atoms with Crippen LogP contribution in [0.2, 0.25) is 0 Å². The lowest BCUT2D eigenvalue weighted by atomic mass is 10.3. The Morgan fingerprint density at radius 2 is 2.00 bits per heavy atom. The van der Waals surface area contributed by atoms with Crippen LogP contribution in [-0.2, 0) is 14.3 Å². The van der Waals surface area contributed by atoms with Crippen LogP contribution in [0.3, 0.4) is 0 Å². The lowest BCUT2D eigenvalue weighted by Gasteiger charge is -2.07. The van der Waals surface area contributed by atoms with Gasteiger partial charge in [0.15, 0.2) is 0 Å². The maximum absolute atomic E-state index is 11.5. The van der Waals surface area contributed by atoms with Crippen molar-refractivity contribution in [1.82, 2.24) is 5.32 Å². The third kappa shape index (κ3) is 5.84. The van der Waals surface area contributed by atoms with Gasteiger partial charge in [0.1, 0.15) is 5.75 Å². The molecule has 0 saturated carbocycles. The van der Waals surface area contributed by atoms with Crippen molar-refractivity contribution in [2.24, 2.45) is 0 Å². The molecule has 1 aromatic rings. The van der Waals surface area contributed by atoms with Crippen molar-refractivity contribution in [3.8, 4) is 5.75 Å². The van der Waals surface area contributed by atoms with E-state index >= 15 is 0 Å². The summed E-state index contributed by atoms with van der Waals surface area (Å²) in [6.07, 6.45) is 0. The molecule has 0 spiro atoms. The number of amides is 2. The molecular formula is C12H16N2O5. The van der Waals surface area contributed by atoms with Crippen molar-refractivity contribution in [1.29, 1.82) is 0 Å². The third-order valence-corrected chi connectivity index (χ3v) is 2.08. The topological polar surface area (TPSA) is 108 Å². The van der Waals surface area contributed by atoms with E-state index in [0.29, 0.717) is 5.69 Å². The molecule has 104 valence electrons. The van der Waals surface area contributed by atoms with Gasteiger partial charge in [-0.05, 0) is 12.1 Å². The molecule has 0 heterocycles. The van der Waals surface area contributed by atoms with E-state index in [9.17, 15) is 14.7 Å². The van der Waals surface area contributed by atoms with E-state index in [1.807, 2.05) is 0 Å². The highest BCUT2D eigenvalue weighted by Crippen LogP contribution is 2.14. The van der Waals surface area contributed by atoms with Gasteiger partial charge in [-0.25, -0.2) is 0 Å². The summed E-state index contributed by atoms with van der Waals surface area (Å²) >= 11 is 0. The van der Waals surface area contributed by atoms with Gasteiger partial charge in [-0.3, -0.25) is 9.59 Å². The Kier molecular flexibility index (Phi) is 6.34. The fourth-order valence-electron chi connectivity index (χ4n) is 1.26. The van der Waals surface area contributed by atoms with Crippen molar-refractivity contribution in [2.45, 2.75) is 0 Å². The summed E-state index contributed by atoms with van der Waals surface area (Å²) in [7, 11) is 0. The highest BCUT2D eigenvalue weighted by molar-refractivity contribution is 6.39. The molecule has 0 unspecified atom stereocenters. The first-order valence-corrected chi connectivity index (χ1v) is 5.70. The second-order valence-corrected chi connectivity index (χ2v) is 3.60. The fourth-order valence-corrected chi connectivity index (χ4v) is 1.26. The Labute approximate surface area is 110 Å². The van der Waals surface area contributed by atoms with Crippen LogP contribution in [0.15, 0.2) is 24.3 Å². The second-order valence-electron chi connectivity index (χ2n) is 3.60. The third-order valence-electron chi connectivity index (χ3n) is 2.08. The maximum atomic E-state index is 11.5. The zero-order chi connectivity index (χ0) is 14.1. The van der Waals surface area contributed by atoms with Crippen molar-refractivity contribution >= 4 is 17.5 Å². The number of hydrogen-bond donors (Lipinski definition) is 4. The number of nitrogens with one attached hydrogen (secondary N) is 2. The Morgan fingerprint density at radius 3 is 2.68 bits per heavy atom. The minimum atomic E-state index is -0.826. The SMILES string of the molecule is O=C(NCCOCCO)C(=O)Nc1cccc(O)c1. The van der Waals surface area contributed by atoms with Crippen LogP contribution in [0.25, 0.3) is 0 Å². The molecule has 0 aliphatic heterocycles. The van der Waals surface area contributed by atoms with Crippen LogP contribution in [0, 0.1) is 0 Å². The largest absolute Gasteiger partial charge is 0.508 e. The van der Waals surface area contributed by atoms with E-state index in [1.165, 1.54) is 12.1 Å². The maximum Gasteiger partial charge on any atom is 0.313 e. The zero-order valence-electron chi connectivity index (χ0n) is 10.3. The quantitative estimate of drug-likeness (QED) is 0.409. The van der Waals surface area contributed by atoms with Crippen LogP contribution in [0.4, 0.5) is 5.69 Å². The number of phenols is 1. The minimum absolute atomic E-state index is 0.00406. The predicted octanol–water partition coefficient (Wildman–Crippen LogP) is -0.544. The molecule has 19 heavy (non-hydrogen) atoms. The monoisotopic (exact) mass is 268 g/mol. The molecule has 0 saturated heterocycles. The van der Waals surface area contributed by atoms with Gasteiger partial charge >= 0.3 is 11.8 Å². The molecule has 7 nitrogen and oxygen atoms in total. The number of ether oxygens (including phenoxy) is 1. The number of carbonyl (C=O) groups is 2. The zero-order valence-corrected chi connectivity index (χ0v) is 10.3. The summed E-state index contributed by atoms with van der Waals surface area (Å²) in [5, 5.41) is 22.4. The van der Waals surface area contributed by atoms with Crippen molar-refractivity contribution in [3.63, 3.8) is 0 Å². The van der Waals surface area contributed by atoms with Gasteiger partial charge in [0.2, 0.25) is 0 Å². The van der Waals surface area contributed by atoms with E-state index < -0.39 is 11.8 Å². The molecular weight excluding hydrogens is 252 g/mol. The van der Waals surface area contributed by atoms with Gasteiger partial charge in [0, 0.05) is 18.3 Å². The number of anilines is 1. The van der Waals surface area contributed by atoms with Gasteiger partial charge in [-0.15, -0.1) is 0 Å². The number of aromatic hydroxyl groups is 1. The van der Waals surface area contributed by atoms with E-state index in [0.717, 1.165) is 0 Å². The van der Waals surface area contributed by atoms with Gasteiger partial charge in [0.25, 0.3) is 0 Å². The predicted molar refractivity (Wildman–Crippen MR) is 67.7 cm³/mol. The molecule has 7 heteroatoms. The fraction of sp³-hybridized carbons (Fsp3) is 0.333. The second kappa shape index (κ2) is 8.06. The molecule has 0 aromatic heterocycles. The molecule has 0 bridgehead atoms. The summed E-state index contributed by atoms with van der Waals surface area (Å²) in [4.78, 5) is 22.8. The molecule has 0 fully saturated rings. The Bertz CT molecular complexity index is 436. The van der Waals surface area contributed by atoms with Gasteiger partial charge in [0.05, 0.1) is 19.8 Å². The molecule has 1 aromatic carbocycles. The number of carbonyl (C=O) groups excluding carboxylic acids is 2. The molecule has 2 amide bonds. The minimum Gasteiger partial charge on any atom is -0.508 e. The Hall–Kier alpha value is -2.12. The molecule has 0 aliphatic carbocycles. The molecule has 0 aliphatic rings. The van der Waals surface area contributed by atoms with E-state index in [-0.39, 0.29) is 32.1 Å². The first kappa shape index (κ1) is 14.9. The summed E-state index contributed by atoms with van der Waals surface area (Å²) in [6, 6.07) is 5.88. The highest BCUT2D eigenvalue weighted by atomic mass is 16.5. The van der Waals surface area contributed by atoms with Crippen LogP contribution >= 0.6 is 0 Å². The van der Waals surface area contributed by atoms with Crippen molar-refractivity contribution in [2.75, 3.05) is 31.7 Å². The Morgan fingerprint density at radius 1 is 1.21 bits per heavy atom. The van der Waals surface area contributed by atoms with Crippen LogP contribution in [0.1, 0.15) is 0 Å². The van der Waals surface area contributed by atoms with Gasteiger partial charge in [-0.1, -0.05) is 6.07 Å². The van der Waals surface area contributed by atoms with Crippen LogP contribution < -0.4 is 10.6 Å². The smallest absolute Gasteiger partial charge is 0.313 e. The molecule has 1 rings (SSSR count). The van der Waals surface area contributed by atoms with Gasteiger partial charge in [-0.2, -0.15) is 0 Å². The van der Waals surface area contributed by atoms with Crippen molar-refractivity contribution < 1.29 is 24.5 Å². The summed E-state index contributed by atoms with van der Waals surface area (Å²) < 4.78 is 4.92. The van der Waals surface area contributed by atoms with Gasteiger partial charge < -0.3 is 25.6 Å². The lowest BCUT2D eigenvalue weighted by Crippen LogP contribution is -2.37. The number of aliphatic hydroxyl groups is 1. The molecule has 4 N–H and O–H groups in total. The van der Waals surface area contributed by atoms with Crippen molar-refractivity contribution in [3.05, 3.63) is 24.3 Å². The number of rotatable bonds is 6. The normalized spacial score (nSPS) is 9.95. The molecule has 0 radical (unpaired) electrons. The first-order chi connectivity index (χ1) is 9.13. The number of benzene rings is 1. The average molecular weight is 268 g/mol. The first-order valence-electron chi connectivity index (χ1n) is 5.70. The average Bonchev–Trinajstić information content (AvgIpc) is 2.38. The Balaban J connectivity index is 2.31. The molecule has 0 atom stereocenters. The standard InChI is InChI=1S/C12H16N2O5/c15-5-7-19-6-4-13-11(17)12(18)14-9-2-1-3-10(16)8-9/h1-3,8,15-16H,4-7H2,(H,13,17)(H,14,18). The summed E-state index contributed by atoms with van der Waals surface area (Å²) in [6.45, 7) is 0.481. The van der Waals surface area contributed by atoms with E-state index in [1.54, 1.807) is 12.1 Å².